The first-order valence-electron chi connectivity index (χ1n) is 3.90. The summed E-state index contributed by atoms with van der Waals surface area (Å²) >= 11 is 3.62. The molecule has 1 rings (SSSR count). The Labute approximate surface area is 91.7 Å². The molecule has 0 aliphatic heterocycles. The van der Waals surface area contributed by atoms with E-state index in [-0.39, 0.29) is 12.2 Å². The molecule has 15 heavy (non-hydrogen) atoms. The van der Waals surface area contributed by atoms with Gasteiger partial charge in [0.25, 0.3) is 7.82 Å². The van der Waals surface area contributed by atoms with Gasteiger partial charge in [0.05, 0.1) is 6.61 Å². The van der Waals surface area contributed by atoms with Crippen LogP contribution in [0.15, 0.2) is 24.3 Å². The highest BCUT2D eigenvalue weighted by Gasteiger charge is 2.09. The van der Waals surface area contributed by atoms with Gasteiger partial charge in [0, 0.05) is 5.56 Å². The molecule has 82 valence electrons. The van der Waals surface area contributed by atoms with Gasteiger partial charge in [-0.2, -0.15) is 0 Å². The van der Waals surface area contributed by atoms with Crippen LogP contribution in [0.1, 0.15) is 15.9 Å². The number of hydrogen-bond donors (Lipinski definition) is 2. The molecule has 0 aliphatic rings. The number of thiol groups is 1. The van der Waals surface area contributed by atoms with E-state index < -0.39 is 12.9 Å². The predicted molar refractivity (Wildman–Crippen MR) is 54.4 cm³/mol. The quantitative estimate of drug-likeness (QED) is 0.605. The normalized spacial score (nSPS) is 14.6. The van der Waals surface area contributed by atoms with Gasteiger partial charge in [0.1, 0.15) is 0 Å². The molecule has 0 aromatic heterocycles. The summed E-state index contributed by atoms with van der Waals surface area (Å²) in [5.74, 6) is 0. The molecule has 1 unspecified atom stereocenters. The van der Waals surface area contributed by atoms with Crippen molar-refractivity contribution in [3.63, 3.8) is 0 Å². The van der Waals surface area contributed by atoms with Gasteiger partial charge in [-0.05, 0) is 5.56 Å². The first-order chi connectivity index (χ1) is 6.90. The number of phosphoric ester groups is 1. The zero-order chi connectivity index (χ0) is 11.5. The van der Waals surface area contributed by atoms with Gasteiger partial charge < -0.3 is 14.3 Å². The molecule has 0 bridgehead atoms. The maximum absolute atomic E-state index is 11.0. The third-order valence-electron chi connectivity index (χ3n) is 1.63. The Morgan fingerprint density at radius 2 is 2.13 bits per heavy atom. The molecule has 0 saturated heterocycles. The minimum atomic E-state index is -4.77. The molecule has 1 N–H and O–H groups in total. The number of rotatable bonds is 4. The van der Waals surface area contributed by atoms with Crippen molar-refractivity contribution in [2.24, 2.45) is 0 Å². The molecule has 0 spiro atoms. The standard InChI is InChI=1S/C8H9O5PS/c9-8(15)7-4-2-1-3-6(7)5-13-14(10,11)12/h1-4H,5H2,(H,9,15)(H2,10,11,12)/p-1. The Bertz CT molecular complexity index is 413. The largest absolute Gasteiger partial charge is 0.756 e. The molecule has 0 saturated carbocycles. The van der Waals surface area contributed by atoms with E-state index in [2.05, 4.69) is 17.2 Å². The summed E-state index contributed by atoms with van der Waals surface area (Å²) in [5, 5.41) is -0.493. The van der Waals surface area contributed by atoms with Crippen LogP contribution in [0.3, 0.4) is 0 Å². The average Bonchev–Trinajstić information content (AvgIpc) is 2.14. The zero-order valence-corrected chi connectivity index (χ0v) is 9.28. The zero-order valence-electron chi connectivity index (χ0n) is 7.49. The van der Waals surface area contributed by atoms with Gasteiger partial charge in [-0.1, -0.05) is 24.3 Å². The van der Waals surface area contributed by atoms with Gasteiger partial charge in [-0.15, -0.1) is 12.6 Å². The lowest BCUT2D eigenvalue weighted by Gasteiger charge is -2.16. The summed E-state index contributed by atoms with van der Waals surface area (Å²) < 4.78 is 14.5. The molecule has 0 fully saturated rings. The first-order valence-corrected chi connectivity index (χ1v) is 5.84. The van der Waals surface area contributed by atoms with Gasteiger partial charge in [0.2, 0.25) is 5.12 Å². The number of benzene rings is 1. The van der Waals surface area contributed by atoms with E-state index in [9.17, 15) is 14.3 Å². The summed E-state index contributed by atoms with van der Waals surface area (Å²) in [6, 6.07) is 6.23. The second-order valence-corrected chi connectivity index (χ2v) is 4.31. The molecule has 0 aliphatic carbocycles. The van der Waals surface area contributed by atoms with Crippen LogP contribution < -0.4 is 4.89 Å². The second kappa shape index (κ2) is 4.92. The van der Waals surface area contributed by atoms with E-state index in [1.54, 1.807) is 12.1 Å². The SMILES string of the molecule is O=C(S)c1ccccc1COP(=O)([O-])O. The molecule has 5 nitrogen and oxygen atoms in total. The highest BCUT2D eigenvalue weighted by Crippen LogP contribution is 2.32. The van der Waals surface area contributed by atoms with Crippen molar-refractivity contribution < 1.29 is 23.7 Å². The van der Waals surface area contributed by atoms with E-state index in [0.717, 1.165) is 0 Å². The number of carbonyl (C=O) groups excluding carboxylic acids is 1. The molecular weight excluding hydrogens is 239 g/mol. The smallest absolute Gasteiger partial charge is 0.265 e. The summed E-state index contributed by atoms with van der Waals surface area (Å²) in [4.78, 5) is 29.7. The summed E-state index contributed by atoms with van der Waals surface area (Å²) in [6.07, 6.45) is 0. The van der Waals surface area contributed by atoms with Crippen LogP contribution in [0.25, 0.3) is 0 Å². The van der Waals surface area contributed by atoms with Crippen LogP contribution in [-0.2, 0) is 15.7 Å². The van der Waals surface area contributed by atoms with Crippen molar-refractivity contribution in [3.05, 3.63) is 35.4 Å². The lowest BCUT2D eigenvalue weighted by Crippen LogP contribution is -2.05. The number of carbonyl (C=O) groups is 1. The summed E-state index contributed by atoms with van der Waals surface area (Å²) in [7, 11) is -4.77. The maximum Gasteiger partial charge on any atom is 0.265 e. The van der Waals surface area contributed by atoms with Crippen LogP contribution in [0.4, 0.5) is 0 Å². The number of phosphoric acid groups is 1. The molecule has 1 atom stereocenters. The Morgan fingerprint density at radius 1 is 1.53 bits per heavy atom. The fourth-order valence-electron chi connectivity index (χ4n) is 1.01. The maximum atomic E-state index is 11.0. The van der Waals surface area contributed by atoms with Gasteiger partial charge in [-0.25, -0.2) is 0 Å². The monoisotopic (exact) mass is 247 g/mol. The molecule has 1 aromatic rings. The fourth-order valence-corrected chi connectivity index (χ4v) is 1.53. The summed E-state index contributed by atoms with van der Waals surface area (Å²) in [5.41, 5.74) is 0.594. The van der Waals surface area contributed by atoms with Crippen LogP contribution in [0, 0.1) is 0 Å². The Kier molecular flexibility index (Phi) is 4.07. The third-order valence-corrected chi connectivity index (χ3v) is 2.33. The highest BCUT2D eigenvalue weighted by atomic mass is 32.1. The molecule has 0 radical (unpaired) electrons. The lowest BCUT2D eigenvalue weighted by atomic mass is 10.1. The van der Waals surface area contributed by atoms with Crippen molar-refractivity contribution in [1.82, 2.24) is 0 Å². The van der Waals surface area contributed by atoms with Gasteiger partial charge >= 0.3 is 0 Å². The van der Waals surface area contributed by atoms with E-state index in [1.165, 1.54) is 12.1 Å². The van der Waals surface area contributed by atoms with Crippen molar-refractivity contribution in [3.8, 4) is 0 Å². The van der Waals surface area contributed by atoms with Crippen molar-refractivity contribution in [2.75, 3.05) is 0 Å². The van der Waals surface area contributed by atoms with Gasteiger partial charge in [-0.3, -0.25) is 9.36 Å². The molecule has 1 aromatic carbocycles. The topological polar surface area (TPSA) is 86.7 Å². The van der Waals surface area contributed by atoms with Crippen LogP contribution in [0.5, 0.6) is 0 Å². The fraction of sp³-hybridized carbons (Fsp3) is 0.125. The minimum Gasteiger partial charge on any atom is -0.756 e. The van der Waals surface area contributed by atoms with Crippen LogP contribution in [-0.4, -0.2) is 10.0 Å². The van der Waals surface area contributed by atoms with E-state index >= 15 is 0 Å². The Balaban J connectivity index is 2.85. The third kappa shape index (κ3) is 4.15. The van der Waals surface area contributed by atoms with E-state index in [4.69, 9.17) is 4.89 Å². The van der Waals surface area contributed by atoms with Crippen molar-refractivity contribution >= 4 is 25.6 Å². The van der Waals surface area contributed by atoms with Gasteiger partial charge in [0.15, 0.2) is 0 Å². The molecule has 0 heterocycles. The number of hydrogen-bond acceptors (Lipinski definition) is 4. The lowest BCUT2D eigenvalue weighted by molar-refractivity contribution is -0.220. The molecule has 7 heteroatoms. The molecular formula is C8H8O5PS-. The van der Waals surface area contributed by atoms with E-state index in [1.807, 2.05) is 0 Å². The second-order valence-electron chi connectivity index (χ2n) is 2.70. The van der Waals surface area contributed by atoms with E-state index in [0.29, 0.717) is 5.56 Å². The summed E-state index contributed by atoms with van der Waals surface area (Å²) in [6.45, 7) is -0.389. The highest BCUT2D eigenvalue weighted by molar-refractivity contribution is 7.97. The van der Waals surface area contributed by atoms with Crippen LogP contribution >= 0.6 is 20.5 Å². The van der Waals surface area contributed by atoms with Crippen molar-refractivity contribution in [2.45, 2.75) is 6.61 Å². The Hall–Kier alpha value is -0.650. The predicted octanol–water partition coefficient (Wildman–Crippen LogP) is 0.734. The molecule has 0 amide bonds. The average molecular weight is 247 g/mol. The minimum absolute atomic E-state index is 0.245. The Morgan fingerprint density at radius 3 is 2.67 bits per heavy atom. The first kappa shape index (κ1) is 12.4. The van der Waals surface area contributed by atoms with Crippen molar-refractivity contribution in [1.29, 1.82) is 0 Å². The van der Waals surface area contributed by atoms with Crippen LogP contribution in [0.2, 0.25) is 0 Å².